The highest BCUT2D eigenvalue weighted by Crippen LogP contribution is 2.28. The molecular weight excluding hydrogens is 336 g/mol. The van der Waals surface area contributed by atoms with Gasteiger partial charge < -0.3 is 15.0 Å². The second kappa shape index (κ2) is 10.7. The van der Waals surface area contributed by atoms with Crippen LogP contribution in [0.25, 0.3) is 0 Å². The molecule has 2 rings (SSSR count). The van der Waals surface area contributed by atoms with Crippen molar-refractivity contribution in [2.45, 2.75) is 84.8 Å². The molecule has 0 radical (unpaired) electrons. The molecular formula is C23H38N2O2. The highest BCUT2D eigenvalue weighted by atomic mass is 16.5. The molecule has 4 heteroatoms. The van der Waals surface area contributed by atoms with Crippen LogP contribution in [0.3, 0.4) is 0 Å². The summed E-state index contributed by atoms with van der Waals surface area (Å²) in [5.74, 6) is 1.16. The molecule has 1 amide bonds. The number of rotatable bonds is 9. The molecule has 0 spiro atoms. The maximum atomic E-state index is 12.4. The summed E-state index contributed by atoms with van der Waals surface area (Å²) < 4.78 is 6.01. The van der Waals surface area contributed by atoms with Crippen LogP contribution in [-0.2, 0) is 4.79 Å². The Morgan fingerprint density at radius 3 is 2.78 bits per heavy atom. The molecule has 2 atom stereocenters. The molecule has 1 fully saturated rings. The Kier molecular flexibility index (Phi) is 8.62. The van der Waals surface area contributed by atoms with Crippen LogP contribution in [0.15, 0.2) is 18.2 Å². The van der Waals surface area contributed by atoms with Crippen molar-refractivity contribution < 1.29 is 9.53 Å². The first kappa shape index (κ1) is 21.7. The summed E-state index contributed by atoms with van der Waals surface area (Å²) in [5, 5.41) is 3.05. The van der Waals surface area contributed by atoms with Crippen molar-refractivity contribution in [2.24, 2.45) is 0 Å². The molecule has 1 N–H and O–H groups in total. The largest absolute Gasteiger partial charge is 0.481 e. The van der Waals surface area contributed by atoms with Gasteiger partial charge in [0.05, 0.1) is 0 Å². The van der Waals surface area contributed by atoms with Crippen LogP contribution in [-0.4, -0.2) is 42.6 Å². The zero-order valence-electron chi connectivity index (χ0n) is 17.9. The number of carbonyl (C=O) groups is 1. The summed E-state index contributed by atoms with van der Waals surface area (Å²) in [5.41, 5.74) is 2.30. The maximum absolute atomic E-state index is 12.4. The van der Waals surface area contributed by atoms with Crippen molar-refractivity contribution in [2.75, 3.05) is 19.6 Å². The molecule has 1 aliphatic heterocycles. The first-order valence-electron chi connectivity index (χ1n) is 10.7. The SMILES string of the molecule is CC[C@H]1CCCCN1CCCNC(=O)[C@H](C)Oc1cc(C)ccc1C(C)C. The van der Waals surface area contributed by atoms with Gasteiger partial charge in [0, 0.05) is 19.1 Å². The highest BCUT2D eigenvalue weighted by Gasteiger charge is 2.21. The molecule has 1 aromatic carbocycles. The average Bonchev–Trinajstić information content (AvgIpc) is 2.65. The standard InChI is InChI=1S/C23H38N2O2/c1-6-20-10-7-8-14-25(20)15-9-13-24-23(26)19(5)27-22-16-18(4)11-12-21(22)17(2)3/h11-12,16-17,19-20H,6-10,13-15H2,1-5H3,(H,24,26)/t19-,20-/m0/s1. The topological polar surface area (TPSA) is 41.6 Å². The Balaban J connectivity index is 1.78. The molecule has 152 valence electrons. The van der Waals surface area contributed by atoms with Gasteiger partial charge in [0.15, 0.2) is 6.10 Å². The van der Waals surface area contributed by atoms with Gasteiger partial charge in [0.1, 0.15) is 5.75 Å². The molecule has 0 aliphatic carbocycles. The van der Waals surface area contributed by atoms with Crippen LogP contribution in [0.1, 0.15) is 76.8 Å². The lowest BCUT2D eigenvalue weighted by Gasteiger charge is -2.35. The van der Waals surface area contributed by atoms with Gasteiger partial charge in [0.2, 0.25) is 0 Å². The molecule has 27 heavy (non-hydrogen) atoms. The predicted octanol–water partition coefficient (Wildman–Crippen LogP) is 4.66. The van der Waals surface area contributed by atoms with Crippen LogP contribution in [0.5, 0.6) is 5.75 Å². The minimum absolute atomic E-state index is 0.0307. The van der Waals surface area contributed by atoms with Gasteiger partial charge in [-0.05, 0) is 69.2 Å². The number of amides is 1. The number of nitrogens with one attached hydrogen (secondary N) is 1. The quantitative estimate of drug-likeness (QED) is 0.639. The third-order valence-corrected chi connectivity index (χ3v) is 5.61. The summed E-state index contributed by atoms with van der Waals surface area (Å²) in [7, 11) is 0. The molecule has 1 aromatic rings. The van der Waals surface area contributed by atoms with Gasteiger partial charge in [-0.25, -0.2) is 0 Å². The summed E-state index contributed by atoms with van der Waals surface area (Å²) in [6.45, 7) is 13.4. The van der Waals surface area contributed by atoms with Crippen molar-refractivity contribution in [3.63, 3.8) is 0 Å². The van der Waals surface area contributed by atoms with Gasteiger partial charge in [-0.15, -0.1) is 0 Å². The Labute approximate surface area is 165 Å². The van der Waals surface area contributed by atoms with Gasteiger partial charge in [-0.2, -0.15) is 0 Å². The van der Waals surface area contributed by atoms with Gasteiger partial charge in [-0.3, -0.25) is 4.79 Å². The van der Waals surface area contributed by atoms with E-state index in [1.807, 2.05) is 19.9 Å². The molecule has 1 aliphatic rings. The van der Waals surface area contributed by atoms with E-state index in [4.69, 9.17) is 4.74 Å². The van der Waals surface area contributed by atoms with E-state index in [9.17, 15) is 4.79 Å². The van der Waals surface area contributed by atoms with Gasteiger partial charge in [0.25, 0.3) is 5.91 Å². The van der Waals surface area contributed by atoms with E-state index in [0.717, 1.165) is 35.9 Å². The normalized spacial score (nSPS) is 19.1. The maximum Gasteiger partial charge on any atom is 0.260 e. The van der Waals surface area contributed by atoms with Gasteiger partial charge >= 0.3 is 0 Å². The van der Waals surface area contributed by atoms with Crippen LogP contribution in [0, 0.1) is 6.92 Å². The average molecular weight is 375 g/mol. The molecule has 0 unspecified atom stereocenters. The minimum Gasteiger partial charge on any atom is -0.481 e. The van der Waals surface area contributed by atoms with Crippen LogP contribution in [0.2, 0.25) is 0 Å². The molecule has 0 saturated carbocycles. The Morgan fingerprint density at radius 1 is 1.30 bits per heavy atom. The number of benzene rings is 1. The number of nitrogens with zero attached hydrogens (tertiary/aromatic N) is 1. The number of piperidine rings is 1. The van der Waals surface area contributed by atoms with E-state index >= 15 is 0 Å². The fraction of sp³-hybridized carbons (Fsp3) is 0.696. The number of carbonyl (C=O) groups excluding carboxylic acids is 1. The molecule has 0 bridgehead atoms. The smallest absolute Gasteiger partial charge is 0.260 e. The highest BCUT2D eigenvalue weighted by molar-refractivity contribution is 5.80. The van der Waals surface area contributed by atoms with E-state index in [0.29, 0.717) is 12.5 Å². The van der Waals surface area contributed by atoms with E-state index in [1.165, 1.54) is 32.2 Å². The number of aryl methyl sites for hydroxylation is 1. The first-order chi connectivity index (χ1) is 12.9. The van der Waals surface area contributed by atoms with Crippen LogP contribution < -0.4 is 10.1 Å². The first-order valence-corrected chi connectivity index (χ1v) is 10.7. The predicted molar refractivity (Wildman–Crippen MR) is 112 cm³/mol. The second-order valence-electron chi connectivity index (χ2n) is 8.19. The van der Waals surface area contributed by atoms with E-state index in [2.05, 4.69) is 43.1 Å². The number of hydrogen-bond acceptors (Lipinski definition) is 3. The van der Waals surface area contributed by atoms with Crippen molar-refractivity contribution >= 4 is 5.91 Å². The van der Waals surface area contributed by atoms with Crippen molar-refractivity contribution in [3.8, 4) is 5.75 Å². The fourth-order valence-corrected chi connectivity index (χ4v) is 3.92. The lowest BCUT2D eigenvalue weighted by Crippen LogP contribution is -2.41. The van der Waals surface area contributed by atoms with E-state index < -0.39 is 6.10 Å². The molecule has 1 heterocycles. The fourth-order valence-electron chi connectivity index (χ4n) is 3.92. The summed E-state index contributed by atoms with van der Waals surface area (Å²) in [4.78, 5) is 15.0. The molecule has 4 nitrogen and oxygen atoms in total. The van der Waals surface area contributed by atoms with Crippen LogP contribution >= 0.6 is 0 Å². The summed E-state index contributed by atoms with van der Waals surface area (Å²) in [6, 6.07) is 6.95. The third kappa shape index (κ3) is 6.53. The zero-order chi connectivity index (χ0) is 19.8. The Hall–Kier alpha value is -1.55. The van der Waals surface area contributed by atoms with Crippen molar-refractivity contribution in [3.05, 3.63) is 29.3 Å². The Bertz CT molecular complexity index is 600. The lowest BCUT2D eigenvalue weighted by atomic mass is 10.00. The number of hydrogen-bond donors (Lipinski definition) is 1. The number of likely N-dealkylation sites (tertiary alicyclic amines) is 1. The summed E-state index contributed by atoms with van der Waals surface area (Å²) >= 11 is 0. The third-order valence-electron chi connectivity index (χ3n) is 5.61. The Morgan fingerprint density at radius 2 is 2.07 bits per heavy atom. The molecule has 1 saturated heterocycles. The van der Waals surface area contributed by atoms with E-state index in [1.54, 1.807) is 0 Å². The minimum atomic E-state index is -0.484. The number of ether oxygens (including phenoxy) is 1. The summed E-state index contributed by atoms with van der Waals surface area (Å²) in [6.07, 6.45) is 5.73. The van der Waals surface area contributed by atoms with Crippen molar-refractivity contribution in [1.29, 1.82) is 0 Å². The van der Waals surface area contributed by atoms with Crippen LogP contribution in [0.4, 0.5) is 0 Å². The van der Waals surface area contributed by atoms with E-state index in [-0.39, 0.29) is 5.91 Å². The van der Waals surface area contributed by atoms with Gasteiger partial charge in [-0.1, -0.05) is 39.3 Å². The monoisotopic (exact) mass is 374 g/mol. The second-order valence-corrected chi connectivity index (χ2v) is 8.19. The van der Waals surface area contributed by atoms with Crippen molar-refractivity contribution in [1.82, 2.24) is 10.2 Å². The zero-order valence-corrected chi connectivity index (χ0v) is 17.9. The molecule has 0 aromatic heterocycles. The lowest BCUT2D eigenvalue weighted by molar-refractivity contribution is -0.127.